The van der Waals surface area contributed by atoms with Crippen molar-refractivity contribution in [3.8, 4) is 5.88 Å². The summed E-state index contributed by atoms with van der Waals surface area (Å²) in [5.41, 5.74) is 5.75. The fourth-order valence-corrected chi connectivity index (χ4v) is 4.20. The summed E-state index contributed by atoms with van der Waals surface area (Å²) in [7, 11) is -3.85. The Morgan fingerprint density at radius 2 is 1.83 bits per heavy atom. The molecule has 12 heteroatoms. The summed E-state index contributed by atoms with van der Waals surface area (Å²) >= 11 is 5.10. The van der Waals surface area contributed by atoms with Crippen molar-refractivity contribution in [1.82, 2.24) is 10.3 Å². The average Bonchev–Trinajstić information content (AvgIpc) is 2.82. The van der Waals surface area contributed by atoms with Crippen LogP contribution in [0.15, 0.2) is 59.5 Å². The highest BCUT2D eigenvalue weighted by Crippen LogP contribution is 2.33. The Hall–Kier alpha value is -3.31. The topological polar surface area (TPSA) is 111 Å². The second kappa shape index (κ2) is 10.8. The monoisotopic (exact) mass is 541 g/mol. The summed E-state index contributed by atoms with van der Waals surface area (Å²) in [5.74, 6) is -2.81. The van der Waals surface area contributed by atoms with Gasteiger partial charge in [0.15, 0.2) is 15.7 Å². The number of nitrogens with two attached hydrogens (primary N) is 1. The molecule has 0 aliphatic carbocycles. The zero-order chi connectivity index (χ0) is 26.7. The van der Waals surface area contributed by atoms with E-state index < -0.39 is 49.1 Å². The molecule has 1 aromatic heterocycles. The molecule has 0 radical (unpaired) electrons. The maximum Gasteiger partial charge on any atom is 0.364 e. The number of ether oxygens (including phenoxy) is 1. The van der Waals surface area contributed by atoms with E-state index in [9.17, 15) is 26.4 Å². The SMILES string of the molecule is CC(C(=O)NCc1ccc(C(F)(F)Cl)nc1OCc1ccccc1)c1ccc(S(C)(=O)=O)c(F)c1N. The second-order valence-corrected chi connectivity index (χ2v) is 10.5. The molecule has 1 amide bonds. The Morgan fingerprint density at radius 3 is 2.44 bits per heavy atom. The summed E-state index contributed by atoms with van der Waals surface area (Å²) in [6, 6.07) is 13.6. The minimum Gasteiger partial charge on any atom is -0.473 e. The van der Waals surface area contributed by atoms with E-state index in [0.29, 0.717) is 5.56 Å². The van der Waals surface area contributed by atoms with E-state index in [0.717, 1.165) is 24.0 Å². The molecule has 36 heavy (non-hydrogen) atoms. The quantitative estimate of drug-likeness (QED) is 0.305. The van der Waals surface area contributed by atoms with Crippen LogP contribution >= 0.6 is 11.6 Å². The molecule has 0 saturated carbocycles. The molecule has 7 nitrogen and oxygen atoms in total. The highest BCUT2D eigenvalue weighted by Gasteiger charge is 2.31. The van der Waals surface area contributed by atoms with E-state index in [-0.39, 0.29) is 24.6 Å². The fourth-order valence-electron chi connectivity index (χ4n) is 3.34. The first kappa shape index (κ1) is 27.3. The van der Waals surface area contributed by atoms with Gasteiger partial charge in [-0.05, 0) is 47.9 Å². The number of hydrogen-bond donors (Lipinski definition) is 2. The third-order valence-corrected chi connectivity index (χ3v) is 6.65. The van der Waals surface area contributed by atoms with E-state index in [4.69, 9.17) is 22.1 Å². The predicted octanol–water partition coefficient (Wildman–Crippen LogP) is 4.49. The third kappa shape index (κ3) is 6.46. The number of nitrogens with zero attached hydrogens (tertiary/aromatic N) is 1. The lowest BCUT2D eigenvalue weighted by Gasteiger charge is -2.18. The van der Waals surface area contributed by atoms with Crippen molar-refractivity contribution in [2.45, 2.75) is 36.3 Å². The van der Waals surface area contributed by atoms with Crippen molar-refractivity contribution in [3.05, 3.63) is 82.8 Å². The molecular formula is C24H23ClF3N3O4S. The molecule has 3 rings (SSSR count). The molecular weight excluding hydrogens is 519 g/mol. The Labute approximate surface area is 211 Å². The highest BCUT2D eigenvalue weighted by molar-refractivity contribution is 7.90. The van der Waals surface area contributed by atoms with Gasteiger partial charge in [-0.3, -0.25) is 4.79 Å². The Kier molecular flexibility index (Phi) is 8.15. The van der Waals surface area contributed by atoms with E-state index in [1.807, 2.05) is 6.07 Å². The second-order valence-electron chi connectivity index (χ2n) is 8.03. The molecule has 1 unspecified atom stereocenters. The van der Waals surface area contributed by atoms with Crippen LogP contribution in [0, 0.1) is 5.82 Å². The van der Waals surface area contributed by atoms with E-state index in [1.54, 1.807) is 24.3 Å². The lowest BCUT2D eigenvalue weighted by atomic mass is 9.98. The van der Waals surface area contributed by atoms with Gasteiger partial charge in [-0.15, -0.1) is 0 Å². The van der Waals surface area contributed by atoms with Crippen LogP contribution in [-0.4, -0.2) is 25.6 Å². The number of alkyl halides is 3. The number of nitrogens with one attached hydrogen (secondary N) is 1. The molecule has 3 N–H and O–H groups in total. The van der Waals surface area contributed by atoms with Gasteiger partial charge in [-0.25, -0.2) is 17.8 Å². The molecule has 2 aromatic carbocycles. The van der Waals surface area contributed by atoms with Gasteiger partial charge in [0.25, 0.3) is 0 Å². The molecule has 1 atom stereocenters. The summed E-state index contributed by atoms with van der Waals surface area (Å²) in [4.78, 5) is 16.0. The molecule has 0 bridgehead atoms. The van der Waals surface area contributed by atoms with Gasteiger partial charge in [0.05, 0.1) is 11.6 Å². The molecule has 0 spiro atoms. The number of pyridine rings is 1. The number of amides is 1. The largest absolute Gasteiger partial charge is 0.473 e. The van der Waals surface area contributed by atoms with Gasteiger partial charge in [-0.2, -0.15) is 8.78 Å². The first-order valence-electron chi connectivity index (χ1n) is 10.6. The standard InChI is InChI=1S/C24H23ClF3N3O4S/c1-14(17-9-10-18(36(2,33)34)20(26)21(17)29)22(32)30-12-16-8-11-19(24(25,27)28)31-23(16)35-13-15-6-4-3-5-7-15/h3-11,14H,12-13,29H2,1-2H3,(H,30,32). The molecule has 0 fully saturated rings. The van der Waals surface area contributed by atoms with Crippen LogP contribution in [0.5, 0.6) is 5.88 Å². The maximum atomic E-state index is 14.5. The number of nitrogen functional groups attached to an aromatic ring is 1. The minimum atomic E-state index is -3.85. The lowest BCUT2D eigenvalue weighted by Crippen LogP contribution is -2.28. The minimum absolute atomic E-state index is 0.0327. The van der Waals surface area contributed by atoms with Crippen molar-refractivity contribution in [3.63, 3.8) is 0 Å². The number of benzene rings is 2. The Bertz CT molecular complexity index is 1370. The number of sulfone groups is 1. The number of anilines is 1. The lowest BCUT2D eigenvalue weighted by molar-refractivity contribution is -0.122. The van der Waals surface area contributed by atoms with Gasteiger partial charge in [0.1, 0.15) is 17.2 Å². The number of rotatable bonds is 9. The summed E-state index contributed by atoms with van der Waals surface area (Å²) in [6.07, 6.45) is 0.845. The van der Waals surface area contributed by atoms with Crippen LogP contribution in [0.1, 0.15) is 35.2 Å². The smallest absolute Gasteiger partial charge is 0.364 e. The molecule has 3 aromatic rings. The van der Waals surface area contributed by atoms with Crippen LogP contribution in [0.3, 0.4) is 0 Å². The zero-order valence-corrected chi connectivity index (χ0v) is 20.8. The van der Waals surface area contributed by atoms with Crippen LogP contribution in [-0.2, 0) is 33.2 Å². The highest BCUT2D eigenvalue weighted by atomic mass is 35.5. The molecule has 192 valence electrons. The van der Waals surface area contributed by atoms with Crippen molar-refractivity contribution in [2.24, 2.45) is 0 Å². The Balaban J connectivity index is 1.80. The van der Waals surface area contributed by atoms with Crippen LogP contribution < -0.4 is 15.8 Å². The van der Waals surface area contributed by atoms with Gasteiger partial charge in [-0.1, -0.05) is 36.4 Å². The van der Waals surface area contributed by atoms with Gasteiger partial charge < -0.3 is 15.8 Å². The van der Waals surface area contributed by atoms with E-state index in [2.05, 4.69) is 10.3 Å². The molecule has 1 heterocycles. The van der Waals surface area contributed by atoms with Crippen LogP contribution in [0.4, 0.5) is 18.9 Å². The zero-order valence-electron chi connectivity index (χ0n) is 19.3. The van der Waals surface area contributed by atoms with Crippen LogP contribution in [0.2, 0.25) is 0 Å². The number of carbonyl (C=O) groups is 1. The van der Waals surface area contributed by atoms with Crippen molar-refractivity contribution in [1.29, 1.82) is 0 Å². The summed E-state index contributed by atoms with van der Waals surface area (Å²) in [5, 5.41) is -1.11. The maximum absolute atomic E-state index is 14.5. The third-order valence-electron chi connectivity index (χ3n) is 5.34. The van der Waals surface area contributed by atoms with Crippen molar-refractivity contribution < 1.29 is 31.1 Å². The van der Waals surface area contributed by atoms with Gasteiger partial charge in [0, 0.05) is 18.4 Å². The van der Waals surface area contributed by atoms with Crippen molar-refractivity contribution in [2.75, 3.05) is 12.0 Å². The van der Waals surface area contributed by atoms with E-state index >= 15 is 0 Å². The molecule has 0 aliphatic heterocycles. The molecule has 0 aliphatic rings. The molecule has 0 saturated heterocycles. The van der Waals surface area contributed by atoms with Gasteiger partial charge in [0.2, 0.25) is 11.8 Å². The summed E-state index contributed by atoms with van der Waals surface area (Å²) < 4.78 is 70.7. The summed E-state index contributed by atoms with van der Waals surface area (Å²) in [6.45, 7) is 1.34. The number of carbonyl (C=O) groups excluding carboxylic acids is 1. The van der Waals surface area contributed by atoms with E-state index in [1.165, 1.54) is 19.1 Å². The Morgan fingerprint density at radius 1 is 1.17 bits per heavy atom. The number of halogens is 4. The number of aromatic nitrogens is 1. The number of hydrogen-bond acceptors (Lipinski definition) is 6. The van der Waals surface area contributed by atoms with Crippen molar-refractivity contribution >= 4 is 33.0 Å². The normalized spacial score (nSPS) is 12.7. The predicted molar refractivity (Wildman–Crippen MR) is 129 cm³/mol. The fraction of sp³-hybridized carbons (Fsp3) is 0.250. The van der Waals surface area contributed by atoms with Crippen LogP contribution in [0.25, 0.3) is 0 Å². The first-order chi connectivity index (χ1) is 16.8. The van der Waals surface area contributed by atoms with Gasteiger partial charge >= 0.3 is 5.38 Å². The first-order valence-corrected chi connectivity index (χ1v) is 12.9. The average molecular weight is 542 g/mol.